The quantitative estimate of drug-likeness (QED) is 0.833. The summed E-state index contributed by atoms with van der Waals surface area (Å²) in [4.78, 5) is 10.9. The van der Waals surface area contributed by atoms with Crippen LogP contribution in [-0.2, 0) is 0 Å². The third-order valence-electron chi connectivity index (χ3n) is 2.30. The Kier molecular flexibility index (Phi) is 3.39. The minimum absolute atomic E-state index is 0.0152. The van der Waals surface area contributed by atoms with Crippen LogP contribution in [0.3, 0.4) is 0 Å². The smallest absolute Gasteiger partial charge is 0.337 e. The number of carbonyl (C=O) groups is 1. The zero-order valence-electron chi connectivity index (χ0n) is 9.26. The summed E-state index contributed by atoms with van der Waals surface area (Å²) in [7, 11) is 0. The maximum atomic E-state index is 10.9. The first-order valence-corrected chi connectivity index (χ1v) is 5.50. The second-order valence-corrected chi connectivity index (χ2v) is 4.05. The second-order valence-electron chi connectivity index (χ2n) is 3.61. The Morgan fingerprint density at radius 1 is 1.11 bits per heavy atom. The van der Waals surface area contributed by atoms with E-state index in [1.807, 2.05) is 0 Å². The van der Waals surface area contributed by atoms with E-state index >= 15 is 0 Å². The van der Waals surface area contributed by atoms with Crippen molar-refractivity contribution in [3.63, 3.8) is 0 Å². The molecule has 0 bridgehead atoms. The van der Waals surface area contributed by atoms with E-state index in [0.717, 1.165) is 0 Å². The van der Waals surface area contributed by atoms with Crippen LogP contribution in [0.5, 0.6) is 11.5 Å². The average molecular weight is 264 g/mol. The van der Waals surface area contributed by atoms with Crippen LogP contribution >= 0.6 is 11.6 Å². The molecule has 92 valence electrons. The summed E-state index contributed by atoms with van der Waals surface area (Å²) in [6.45, 7) is 0. The van der Waals surface area contributed by atoms with Gasteiger partial charge in [0.15, 0.2) is 0 Å². The number of hydrogen-bond acceptors (Lipinski definition) is 3. The molecule has 0 atom stereocenters. The number of nitrogen functional groups attached to an aromatic ring is 1. The Labute approximate surface area is 109 Å². The van der Waals surface area contributed by atoms with Crippen molar-refractivity contribution in [1.82, 2.24) is 0 Å². The zero-order valence-corrected chi connectivity index (χ0v) is 10.0. The van der Waals surface area contributed by atoms with Crippen molar-refractivity contribution < 1.29 is 14.6 Å². The number of halogens is 1. The Hall–Kier alpha value is -2.20. The van der Waals surface area contributed by atoms with E-state index in [4.69, 9.17) is 27.2 Å². The van der Waals surface area contributed by atoms with Crippen LogP contribution in [-0.4, -0.2) is 11.1 Å². The number of nitrogens with two attached hydrogens (primary N) is 1. The number of hydrogen-bond donors (Lipinski definition) is 2. The minimum Gasteiger partial charge on any atom is -0.478 e. The SMILES string of the molecule is Nc1ccc(Oc2ccc(Cl)cc2)cc1C(=O)O. The first-order chi connectivity index (χ1) is 8.56. The highest BCUT2D eigenvalue weighted by molar-refractivity contribution is 6.30. The molecular weight excluding hydrogens is 254 g/mol. The molecule has 2 rings (SSSR count). The molecule has 3 N–H and O–H groups in total. The van der Waals surface area contributed by atoms with Crippen LogP contribution in [0, 0.1) is 0 Å². The molecule has 0 unspecified atom stereocenters. The maximum Gasteiger partial charge on any atom is 0.337 e. The summed E-state index contributed by atoms with van der Waals surface area (Å²) in [6, 6.07) is 11.2. The fourth-order valence-electron chi connectivity index (χ4n) is 1.42. The molecule has 18 heavy (non-hydrogen) atoms. The highest BCUT2D eigenvalue weighted by atomic mass is 35.5. The lowest BCUT2D eigenvalue weighted by atomic mass is 10.2. The Morgan fingerprint density at radius 3 is 2.33 bits per heavy atom. The van der Waals surface area contributed by atoms with Gasteiger partial charge in [-0.15, -0.1) is 0 Å². The van der Waals surface area contributed by atoms with Gasteiger partial charge in [-0.3, -0.25) is 0 Å². The number of benzene rings is 2. The fraction of sp³-hybridized carbons (Fsp3) is 0. The maximum absolute atomic E-state index is 10.9. The topological polar surface area (TPSA) is 72.5 Å². The Morgan fingerprint density at radius 2 is 1.72 bits per heavy atom. The van der Waals surface area contributed by atoms with Crippen LogP contribution < -0.4 is 10.5 Å². The number of rotatable bonds is 3. The molecule has 0 saturated heterocycles. The molecule has 0 fully saturated rings. The molecule has 0 radical (unpaired) electrons. The molecule has 0 heterocycles. The van der Waals surface area contributed by atoms with E-state index in [2.05, 4.69) is 0 Å². The molecule has 2 aromatic carbocycles. The Balaban J connectivity index is 2.27. The van der Waals surface area contributed by atoms with Gasteiger partial charge in [0.05, 0.1) is 5.56 Å². The van der Waals surface area contributed by atoms with Gasteiger partial charge in [-0.25, -0.2) is 4.79 Å². The summed E-state index contributed by atoms with van der Waals surface area (Å²) in [5.41, 5.74) is 5.76. The first kappa shape index (κ1) is 12.3. The van der Waals surface area contributed by atoms with Crippen LogP contribution in [0.25, 0.3) is 0 Å². The predicted octanol–water partition coefficient (Wildman–Crippen LogP) is 3.41. The zero-order chi connectivity index (χ0) is 13.1. The van der Waals surface area contributed by atoms with E-state index in [1.165, 1.54) is 12.1 Å². The second kappa shape index (κ2) is 4.98. The van der Waals surface area contributed by atoms with E-state index in [-0.39, 0.29) is 11.3 Å². The number of anilines is 1. The van der Waals surface area contributed by atoms with Gasteiger partial charge >= 0.3 is 5.97 Å². The number of aromatic carboxylic acids is 1. The third kappa shape index (κ3) is 2.73. The predicted molar refractivity (Wildman–Crippen MR) is 69.3 cm³/mol. The summed E-state index contributed by atoms with van der Waals surface area (Å²) >= 11 is 5.75. The van der Waals surface area contributed by atoms with Crippen molar-refractivity contribution in [3.8, 4) is 11.5 Å². The summed E-state index contributed by atoms with van der Waals surface area (Å²) in [5, 5.41) is 9.54. The van der Waals surface area contributed by atoms with Crippen molar-refractivity contribution in [1.29, 1.82) is 0 Å². The molecule has 5 heteroatoms. The lowest BCUT2D eigenvalue weighted by molar-refractivity contribution is 0.0697. The van der Waals surface area contributed by atoms with Crippen molar-refractivity contribution in [2.24, 2.45) is 0 Å². The van der Waals surface area contributed by atoms with Crippen molar-refractivity contribution >= 4 is 23.3 Å². The lowest BCUT2D eigenvalue weighted by Gasteiger charge is -2.07. The van der Waals surface area contributed by atoms with Crippen molar-refractivity contribution in [3.05, 3.63) is 53.1 Å². The van der Waals surface area contributed by atoms with Crippen LogP contribution in [0.4, 0.5) is 5.69 Å². The monoisotopic (exact) mass is 263 g/mol. The number of carboxylic acid groups (broad SMARTS) is 1. The van der Waals surface area contributed by atoms with E-state index in [9.17, 15) is 4.79 Å². The van der Waals surface area contributed by atoms with Gasteiger partial charge in [0.2, 0.25) is 0 Å². The molecule has 0 aliphatic carbocycles. The van der Waals surface area contributed by atoms with E-state index in [0.29, 0.717) is 16.5 Å². The molecule has 0 aromatic heterocycles. The molecule has 0 aliphatic rings. The van der Waals surface area contributed by atoms with Gasteiger partial charge in [0.25, 0.3) is 0 Å². The van der Waals surface area contributed by atoms with Crippen LogP contribution in [0.1, 0.15) is 10.4 Å². The molecule has 4 nitrogen and oxygen atoms in total. The molecule has 0 aliphatic heterocycles. The average Bonchev–Trinajstić information content (AvgIpc) is 2.34. The number of carboxylic acids is 1. The molecule has 0 saturated carbocycles. The standard InChI is InChI=1S/C13H10ClNO3/c14-8-1-3-9(4-2-8)18-10-5-6-12(15)11(7-10)13(16)17/h1-7H,15H2,(H,16,17). The minimum atomic E-state index is -1.09. The molecule has 0 amide bonds. The fourth-order valence-corrected chi connectivity index (χ4v) is 1.55. The van der Waals surface area contributed by atoms with Crippen molar-refractivity contribution in [2.45, 2.75) is 0 Å². The third-order valence-corrected chi connectivity index (χ3v) is 2.56. The van der Waals surface area contributed by atoms with Gasteiger partial charge in [0.1, 0.15) is 11.5 Å². The molecule has 2 aromatic rings. The van der Waals surface area contributed by atoms with Gasteiger partial charge in [-0.1, -0.05) is 11.6 Å². The largest absolute Gasteiger partial charge is 0.478 e. The molecular formula is C13H10ClNO3. The summed E-state index contributed by atoms with van der Waals surface area (Å²) in [6.07, 6.45) is 0. The van der Waals surface area contributed by atoms with Crippen LogP contribution in [0.15, 0.2) is 42.5 Å². The summed E-state index contributed by atoms with van der Waals surface area (Å²) < 4.78 is 5.50. The molecule has 0 spiro atoms. The summed E-state index contributed by atoms with van der Waals surface area (Å²) in [5.74, 6) is -0.113. The van der Waals surface area contributed by atoms with Gasteiger partial charge < -0.3 is 15.6 Å². The van der Waals surface area contributed by atoms with Gasteiger partial charge in [0, 0.05) is 10.7 Å². The van der Waals surface area contributed by atoms with Crippen LogP contribution in [0.2, 0.25) is 5.02 Å². The van der Waals surface area contributed by atoms with Crippen molar-refractivity contribution in [2.75, 3.05) is 5.73 Å². The Bertz CT molecular complexity index is 581. The van der Waals surface area contributed by atoms with Gasteiger partial charge in [-0.2, -0.15) is 0 Å². The number of ether oxygens (including phenoxy) is 1. The highest BCUT2D eigenvalue weighted by Crippen LogP contribution is 2.26. The highest BCUT2D eigenvalue weighted by Gasteiger charge is 2.09. The first-order valence-electron chi connectivity index (χ1n) is 5.12. The normalized spacial score (nSPS) is 10.1. The van der Waals surface area contributed by atoms with Gasteiger partial charge in [-0.05, 0) is 42.5 Å². The lowest BCUT2D eigenvalue weighted by Crippen LogP contribution is -2.02. The van der Waals surface area contributed by atoms with E-state index in [1.54, 1.807) is 30.3 Å². The van der Waals surface area contributed by atoms with E-state index < -0.39 is 5.97 Å².